The molecule has 2 aromatic carbocycles. The fourth-order valence-corrected chi connectivity index (χ4v) is 12.4. The third kappa shape index (κ3) is 8.68. The Labute approximate surface area is 400 Å². The van der Waals surface area contributed by atoms with Crippen LogP contribution in [0.5, 0.6) is 0 Å². The number of halogens is 1. The summed E-state index contributed by atoms with van der Waals surface area (Å²) >= 11 is 0. The van der Waals surface area contributed by atoms with Gasteiger partial charge in [0.05, 0.1) is 28.6 Å². The number of nitrogens with zero attached hydrogens (tertiary/aromatic N) is 7. The summed E-state index contributed by atoms with van der Waals surface area (Å²) in [6, 6.07) is 11.7. The maximum Gasteiger partial charge on any atom is 0.251 e. The van der Waals surface area contributed by atoms with E-state index in [4.69, 9.17) is 9.97 Å². The lowest BCUT2D eigenvalue weighted by molar-refractivity contribution is -0.137. The summed E-state index contributed by atoms with van der Waals surface area (Å²) in [6.45, 7) is 14.3. The Kier molecular flexibility index (Phi) is 12.9. The number of nitrogens with one attached hydrogen (secondary N) is 2. The van der Waals surface area contributed by atoms with Crippen LogP contribution in [0.2, 0.25) is 0 Å². The number of likely N-dealkylation sites (tertiary alicyclic amines) is 3. The zero-order chi connectivity index (χ0) is 47.4. The van der Waals surface area contributed by atoms with Crippen molar-refractivity contribution in [3.8, 4) is 11.3 Å². The lowest BCUT2D eigenvalue weighted by Crippen LogP contribution is -2.58. The predicted molar refractivity (Wildman–Crippen MR) is 263 cm³/mol. The molecule has 14 heteroatoms. The topological polar surface area (TPSA) is 136 Å². The molecule has 0 unspecified atom stereocenters. The highest BCUT2D eigenvalue weighted by molar-refractivity contribution is 6.09. The van der Waals surface area contributed by atoms with E-state index in [-0.39, 0.29) is 59.3 Å². The van der Waals surface area contributed by atoms with Crippen LogP contribution in [0.1, 0.15) is 145 Å². The van der Waals surface area contributed by atoms with E-state index in [0.29, 0.717) is 78.6 Å². The van der Waals surface area contributed by atoms with E-state index in [1.54, 1.807) is 19.3 Å². The monoisotopic (exact) mass is 928 g/mol. The van der Waals surface area contributed by atoms with Crippen LogP contribution >= 0.6 is 0 Å². The van der Waals surface area contributed by atoms with Crippen LogP contribution in [0.15, 0.2) is 42.7 Å². The molecule has 10 rings (SSSR count). The van der Waals surface area contributed by atoms with Crippen molar-refractivity contribution in [1.82, 2.24) is 34.6 Å². The van der Waals surface area contributed by atoms with Gasteiger partial charge in [0.1, 0.15) is 11.3 Å². The summed E-state index contributed by atoms with van der Waals surface area (Å²) < 4.78 is 17.9. The lowest BCUT2D eigenvalue weighted by Gasteiger charge is -2.48. The van der Waals surface area contributed by atoms with E-state index in [2.05, 4.69) is 46.4 Å². The van der Waals surface area contributed by atoms with Crippen molar-refractivity contribution in [1.29, 1.82) is 0 Å². The molecule has 1 atom stereocenters. The molecule has 0 radical (unpaired) electrons. The van der Waals surface area contributed by atoms with Crippen LogP contribution < -0.4 is 15.5 Å². The van der Waals surface area contributed by atoms with E-state index in [1.165, 1.54) is 31.7 Å². The molecule has 13 nitrogen and oxygen atoms in total. The number of rotatable bonds is 11. The number of amides is 4. The summed E-state index contributed by atoms with van der Waals surface area (Å²) in [5.74, 6) is 0.507. The third-order valence-electron chi connectivity index (χ3n) is 16.4. The summed E-state index contributed by atoms with van der Waals surface area (Å²) in [5.41, 5.74) is 5.08. The number of carbonyl (C=O) groups excluding carboxylic acids is 4. The van der Waals surface area contributed by atoms with Crippen LogP contribution in [-0.4, -0.2) is 110 Å². The molecule has 4 aliphatic heterocycles. The molecule has 4 aromatic rings. The normalized spacial score (nSPS) is 23.2. The quantitative estimate of drug-likeness (QED) is 0.152. The average Bonchev–Trinajstić information content (AvgIpc) is 4.03. The second-order valence-electron chi connectivity index (χ2n) is 21.6. The molecule has 6 aliphatic rings. The number of benzene rings is 2. The highest BCUT2D eigenvalue weighted by Gasteiger charge is 2.56. The Morgan fingerprint density at radius 2 is 1.59 bits per heavy atom. The number of fused-ring (bicyclic) bond motifs is 3. The zero-order valence-electron chi connectivity index (χ0n) is 40.8. The van der Waals surface area contributed by atoms with Crippen molar-refractivity contribution in [3.05, 3.63) is 65.2 Å². The van der Waals surface area contributed by atoms with E-state index < -0.39 is 11.2 Å². The van der Waals surface area contributed by atoms with E-state index >= 15 is 9.18 Å². The van der Waals surface area contributed by atoms with Gasteiger partial charge in [0.25, 0.3) is 5.91 Å². The van der Waals surface area contributed by atoms with Crippen LogP contribution in [0.3, 0.4) is 0 Å². The van der Waals surface area contributed by atoms with Gasteiger partial charge in [-0.25, -0.2) is 14.4 Å². The standard InChI is InChI=1S/C54H70FN9O4/c1-33(2)57-51(66)41-29-45(43(55)24-35(41)5)59-50-49-46(56-32-63(49)34(3)4)30-44(58-50)38-14-15-42-47(26-38)64(40-27-39(28-40)60-19-10-7-11-20-60)53(68)54(42)17-22-61(23-18-54)48(65)25-36-16-21-62(31-36)52(67)37-12-8-6-9-13-37/h14-15,24,26,29-30,32-34,36-37,39-40H,6-13,16-23,25,27-28,31H2,1-5H3,(H,57,66)(H,58,59)/t36-,39-,40+/m1/s1. The van der Waals surface area contributed by atoms with Gasteiger partial charge >= 0.3 is 0 Å². The number of anilines is 3. The minimum absolute atomic E-state index is 0.0341. The fraction of sp³-hybridized carbons (Fsp3) is 0.593. The van der Waals surface area contributed by atoms with Crippen molar-refractivity contribution in [2.75, 3.05) is 49.5 Å². The van der Waals surface area contributed by atoms with Gasteiger partial charge in [-0.3, -0.25) is 19.2 Å². The average molecular weight is 928 g/mol. The SMILES string of the molecule is Cc1cc(F)c(Nc2nc(-c3ccc4c(c3)N([C@H]3C[C@@H](N5CCCCC5)C3)C(=O)C43CCN(C(=O)C[C@H]4CCN(C(=O)C5CCCCC5)C4)CC3)cc3ncn(C(C)C)c23)cc1C(=O)NC(C)C. The van der Waals surface area contributed by atoms with Crippen molar-refractivity contribution < 1.29 is 23.6 Å². The minimum Gasteiger partial charge on any atom is -0.350 e. The number of carbonyl (C=O) groups is 4. The van der Waals surface area contributed by atoms with Gasteiger partial charge in [-0.2, -0.15) is 0 Å². The number of aryl methyl sites for hydroxylation is 1. The van der Waals surface area contributed by atoms with Gasteiger partial charge in [0.2, 0.25) is 17.7 Å². The van der Waals surface area contributed by atoms with Gasteiger partial charge in [-0.1, -0.05) is 37.8 Å². The van der Waals surface area contributed by atoms with Gasteiger partial charge in [-0.05, 0) is 147 Å². The molecule has 1 spiro atoms. The minimum atomic E-state index is -0.736. The number of hydrogen-bond acceptors (Lipinski definition) is 8. The molecule has 362 valence electrons. The first-order valence-electron chi connectivity index (χ1n) is 25.8. The summed E-state index contributed by atoms with van der Waals surface area (Å²) in [7, 11) is 0. The molecule has 5 fully saturated rings. The van der Waals surface area contributed by atoms with E-state index in [0.717, 1.165) is 81.4 Å². The molecule has 2 aliphatic carbocycles. The number of hydrogen-bond donors (Lipinski definition) is 2. The number of pyridine rings is 1. The van der Waals surface area contributed by atoms with Gasteiger partial charge in [0.15, 0.2) is 5.82 Å². The Hall–Kier alpha value is -5.37. The first kappa shape index (κ1) is 46.4. The Balaban J connectivity index is 0.934. The van der Waals surface area contributed by atoms with Gasteiger partial charge < -0.3 is 34.8 Å². The smallest absolute Gasteiger partial charge is 0.251 e. The van der Waals surface area contributed by atoms with Crippen molar-refractivity contribution in [2.24, 2.45) is 11.8 Å². The first-order chi connectivity index (χ1) is 32.8. The van der Waals surface area contributed by atoms with E-state index in [1.807, 2.05) is 40.3 Å². The van der Waals surface area contributed by atoms with Crippen molar-refractivity contribution in [3.63, 3.8) is 0 Å². The maximum atomic E-state index is 15.9. The third-order valence-corrected chi connectivity index (χ3v) is 16.4. The van der Waals surface area contributed by atoms with Crippen LogP contribution in [0.25, 0.3) is 22.3 Å². The largest absolute Gasteiger partial charge is 0.350 e. The van der Waals surface area contributed by atoms with Crippen LogP contribution in [0, 0.1) is 24.6 Å². The zero-order valence-corrected chi connectivity index (χ0v) is 40.8. The first-order valence-corrected chi connectivity index (χ1v) is 25.8. The van der Waals surface area contributed by atoms with Crippen LogP contribution in [0.4, 0.5) is 21.6 Å². The Morgan fingerprint density at radius 3 is 2.31 bits per heavy atom. The second-order valence-corrected chi connectivity index (χ2v) is 21.6. The summed E-state index contributed by atoms with van der Waals surface area (Å²) in [5, 5.41) is 6.21. The van der Waals surface area contributed by atoms with Crippen molar-refractivity contribution in [2.45, 2.75) is 154 Å². The highest BCUT2D eigenvalue weighted by atomic mass is 19.1. The molecule has 2 N–H and O–H groups in total. The molecule has 2 aromatic heterocycles. The number of aromatic nitrogens is 3. The summed E-state index contributed by atoms with van der Waals surface area (Å²) in [4.78, 5) is 74.4. The van der Waals surface area contributed by atoms with E-state index in [9.17, 15) is 14.4 Å². The van der Waals surface area contributed by atoms with Gasteiger partial charge in [-0.15, -0.1) is 0 Å². The maximum absolute atomic E-state index is 15.9. The molecule has 0 bridgehead atoms. The Bertz CT molecular complexity index is 2580. The molecule has 6 heterocycles. The molecule has 68 heavy (non-hydrogen) atoms. The predicted octanol–water partition coefficient (Wildman–Crippen LogP) is 9.05. The second kappa shape index (κ2) is 18.8. The Morgan fingerprint density at radius 1 is 0.853 bits per heavy atom. The van der Waals surface area contributed by atoms with Crippen molar-refractivity contribution >= 4 is 51.9 Å². The molecular formula is C54H70FN9O4. The number of imidazole rings is 1. The lowest BCUT2D eigenvalue weighted by atomic mass is 9.73. The molecular weight excluding hydrogens is 858 g/mol. The van der Waals surface area contributed by atoms with Crippen LogP contribution in [-0.2, 0) is 19.8 Å². The molecule has 2 saturated carbocycles. The van der Waals surface area contributed by atoms with Gasteiger partial charge in [0, 0.05) is 79.5 Å². The highest BCUT2D eigenvalue weighted by Crippen LogP contribution is 2.52. The molecule has 4 amide bonds. The number of piperidine rings is 2. The summed E-state index contributed by atoms with van der Waals surface area (Å²) in [6.07, 6.45) is 15.3. The fourth-order valence-electron chi connectivity index (χ4n) is 12.4. The molecule has 3 saturated heterocycles.